The first kappa shape index (κ1) is 13.6. The number of nitrogens with one attached hydrogen (secondary N) is 3. The predicted molar refractivity (Wildman–Crippen MR) is 77.6 cm³/mol. The van der Waals surface area contributed by atoms with Gasteiger partial charge in [0.1, 0.15) is 0 Å². The van der Waals surface area contributed by atoms with Crippen molar-refractivity contribution in [1.29, 1.82) is 0 Å². The van der Waals surface area contributed by atoms with Gasteiger partial charge in [-0.3, -0.25) is 9.59 Å². The highest BCUT2D eigenvalue weighted by molar-refractivity contribution is 5.79. The van der Waals surface area contributed by atoms with Crippen molar-refractivity contribution in [2.45, 2.75) is 44.1 Å². The average molecular weight is 292 g/mol. The van der Waals surface area contributed by atoms with E-state index < -0.39 is 0 Å². The Morgan fingerprint density at radius 1 is 1.19 bits per heavy atom. The number of hydrogen-bond donors (Lipinski definition) is 3. The number of carbonyl (C=O) groups is 2. The molecule has 116 valence electrons. The minimum Gasteiger partial charge on any atom is -0.346 e. The Hall–Kier alpha value is -1.10. The van der Waals surface area contributed by atoms with Crippen LogP contribution in [0.15, 0.2) is 0 Å². The van der Waals surface area contributed by atoms with Gasteiger partial charge >= 0.3 is 0 Å². The Bertz CT molecular complexity index is 427. The standard InChI is InChI=1S/C16H25N3O2/c20-14-9-19(2-1-17-14)10-15(21)18-16-6-11-3-12(7-16)5-13(4-11)8-16/h11-13H,1-10H2,(H,17,20)(H,18,21)/p+1. The van der Waals surface area contributed by atoms with Crippen molar-refractivity contribution in [2.75, 3.05) is 26.2 Å². The molecule has 0 aromatic rings. The number of hydrogen-bond acceptors (Lipinski definition) is 2. The number of rotatable bonds is 3. The second-order valence-corrected chi connectivity index (χ2v) is 7.95. The number of carbonyl (C=O) groups excluding carboxylic acids is 2. The van der Waals surface area contributed by atoms with E-state index in [9.17, 15) is 9.59 Å². The molecule has 5 fully saturated rings. The zero-order valence-electron chi connectivity index (χ0n) is 12.6. The smallest absolute Gasteiger partial charge is 0.275 e. The van der Waals surface area contributed by atoms with Crippen LogP contribution in [0.3, 0.4) is 0 Å². The number of quaternary nitrogens is 1. The van der Waals surface area contributed by atoms with Gasteiger partial charge in [-0.2, -0.15) is 0 Å². The van der Waals surface area contributed by atoms with Gasteiger partial charge in [0.15, 0.2) is 13.1 Å². The summed E-state index contributed by atoms with van der Waals surface area (Å²) in [6, 6.07) is 0. The monoisotopic (exact) mass is 292 g/mol. The van der Waals surface area contributed by atoms with Gasteiger partial charge in [0.25, 0.3) is 11.8 Å². The molecule has 21 heavy (non-hydrogen) atoms. The summed E-state index contributed by atoms with van der Waals surface area (Å²) >= 11 is 0. The fraction of sp³-hybridized carbons (Fsp3) is 0.875. The van der Waals surface area contributed by atoms with Crippen LogP contribution in [0, 0.1) is 17.8 Å². The summed E-state index contributed by atoms with van der Waals surface area (Å²) in [4.78, 5) is 24.9. The van der Waals surface area contributed by atoms with Crippen molar-refractivity contribution in [2.24, 2.45) is 17.8 Å². The molecule has 5 heteroatoms. The molecule has 5 rings (SSSR count). The summed E-state index contributed by atoms with van der Waals surface area (Å²) < 4.78 is 0. The molecular weight excluding hydrogens is 266 g/mol. The lowest BCUT2D eigenvalue weighted by molar-refractivity contribution is -0.885. The fourth-order valence-electron chi connectivity index (χ4n) is 5.74. The number of amides is 2. The Balaban J connectivity index is 1.37. The van der Waals surface area contributed by atoms with Crippen molar-refractivity contribution < 1.29 is 14.5 Å². The molecule has 0 spiro atoms. The topological polar surface area (TPSA) is 62.6 Å². The average Bonchev–Trinajstić information content (AvgIpc) is 2.35. The molecule has 1 heterocycles. The van der Waals surface area contributed by atoms with E-state index in [1.54, 1.807) is 0 Å². The van der Waals surface area contributed by atoms with Crippen molar-refractivity contribution in [3.63, 3.8) is 0 Å². The zero-order valence-corrected chi connectivity index (χ0v) is 12.6. The molecule has 5 aliphatic rings. The highest BCUT2D eigenvalue weighted by atomic mass is 16.2. The second kappa shape index (κ2) is 4.97. The van der Waals surface area contributed by atoms with Crippen LogP contribution in [0.25, 0.3) is 0 Å². The SMILES string of the molecule is O=C1C[NH+](CC(=O)NC23CC4CC(CC(C4)C2)C3)CCN1. The summed E-state index contributed by atoms with van der Waals surface area (Å²) in [5.41, 5.74) is 0.101. The Kier molecular flexibility index (Phi) is 3.21. The van der Waals surface area contributed by atoms with Crippen molar-refractivity contribution in [3.05, 3.63) is 0 Å². The first-order valence-corrected chi connectivity index (χ1v) is 8.51. The molecule has 1 atom stereocenters. The van der Waals surface area contributed by atoms with Crippen molar-refractivity contribution in [3.8, 4) is 0 Å². The lowest BCUT2D eigenvalue weighted by Crippen LogP contribution is -3.16. The number of piperazine rings is 1. The van der Waals surface area contributed by atoms with Crippen LogP contribution in [-0.4, -0.2) is 43.5 Å². The van der Waals surface area contributed by atoms with E-state index in [4.69, 9.17) is 0 Å². The van der Waals surface area contributed by atoms with E-state index in [0.717, 1.165) is 29.2 Å². The van der Waals surface area contributed by atoms with E-state index in [1.807, 2.05) is 0 Å². The van der Waals surface area contributed by atoms with E-state index in [0.29, 0.717) is 19.6 Å². The maximum absolute atomic E-state index is 12.4. The lowest BCUT2D eigenvalue weighted by atomic mass is 9.53. The fourth-order valence-corrected chi connectivity index (χ4v) is 5.74. The van der Waals surface area contributed by atoms with E-state index in [-0.39, 0.29) is 17.4 Å². The Morgan fingerprint density at radius 3 is 2.38 bits per heavy atom. The summed E-state index contributed by atoms with van der Waals surface area (Å²) in [6.45, 7) is 2.45. The highest BCUT2D eigenvalue weighted by Gasteiger charge is 2.51. The molecule has 2 amide bonds. The maximum Gasteiger partial charge on any atom is 0.275 e. The third-order valence-corrected chi connectivity index (χ3v) is 6.06. The first-order valence-electron chi connectivity index (χ1n) is 8.51. The van der Waals surface area contributed by atoms with Gasteiger partial charge in [0, 0.05) is 5.54 Å². The molecule has 4 aliphatic carbocycles. The molecule has 3 N–H and O–H groups in total. The van der Waals surface area contributed by atoms with Crippen LogP contribution < -0.4 is 15.5 Å². The molecular formula is C16H26N3O2+. The van der Waals surface area contributed by atoms with Gasteiger partial charge in [-0.05, 0) is 56.3 Å². The van der Waals surface area contributed by atoms with Gasteiger partial charge < -0.3 is 15.5 Å². The van der Waals surface area contributed by atoms with Gasteiger partial charge in [-0.15, -0.1) is 0 Å². The normalized spacial score (nSPS) is 44.5. The largest absolute Gasteiger partial charge is 0.346 e. The quantitative estimate of drug-likeness (QED) is 0.630. The molecule has 4 saturated carbocycles. The third-order valence-electron chi connectivity index (χ3n) is 6.06. The van der Waals surface area contributed by atoms with Gasteiger partial charge in [-0.1, -0.05) is 0 Å². The first-order chi connectivity index (χ1) is 10.1. The summed E-state index contributed by atoms with van der Waals surface area (Å²) in [5.74, 6) is 2.78. The molecule has 5 nitrogen and oxygen atoms in total. The van der Waals surface area contributed by atoms with E-state index in [2.05, 4.69) is 10.6 Å². The molecule has 1 unspecified atom stereocenters. The lowest BCUT2D eigenvalue weighted by Gasteiger charge is -2.56. The summed E-state index contributed by atoms with van der Waals surface area (Å²) in [5, 5.41) is 6.22. The molecule has 0 aromatic carbocycles. The minimum atomic E-state index is 0.0684. The van der Waals surface area contributed by atoms with Crippen LogP contribution >= 0.6 is 0 Å². The van der Waals surface area contributed by atoms with E-state index in [1.165, 1.54) is 38.5 Å². The predicted octanol–water partition coefficient (Wildman–Crippen LogP) is -0.914. The molecule has 0 aromatic heterocycles. The summed E-state index contributed by atoms with van der Waals surface area (Å²) in [7, 11) is 0. The minimum absolute atomic E-state index is 0.0684. The van der Waals surface area contributed by atoms with Crippen LogP contribution in [0.5, 0.6) is 0 Å². The van der Waals surface area contributed by atoms with Gasteiger partial charge in [0.05, 0.1) is 13.1 Å². The van der Waals surface area contributed by atoms with Crippen molar-refractivity contribution >= 4 is 11.8 Å². The maximum atomic E-state index is 12.4. The van der Waals surface area contributed by atoms with Crippen LogP contribution in [-0.2, 0) is 9.59 Å². The molecule has 1 saturated heterocycles. The Morgan fingerprint density at radius 2 is 1.81 bits per heavy atom. The van der Waals surface area contributed by atoms with Crippen LogP contribution in [0.1, 0.15) is 38.5 Å². The van der Waals surface area contributed by atoms with Crippen molar-refractivity contribution in [1.82, 2.24) is 10.6 Å². The van der Waals surface area contributed by atoms with Crippen LogP contribution in [0.2, 0.25) is 0 Å². The van der Waals surface area contributed by atoms with Gasteiger partial charge in [0.2, 0.25) is 0 Å². The molecule has 1 aliphatic heterocycles. The molecule has 0 radical (unpaired) electrons. The van der Waals surface area contributed by atoms with Crippen LogP contribution in [0.4, 0.5) is 0 Å². The second-order valence-electron chi connectivity index (χ2n) is 7.95. The van der Waals surface area contributed by atoms with E-state index >= 15 is 0 Å². The molecule has 4 bridgehead atoms. The summed E-state index contributed by atoms with van der Waals surface area (Å²) in [6.07, 6.45) is 7.77. The third kappa shape index (κ3) is 2.68. The zero-order chi connectivity index (χ0) is 14.4. The van der Waals surface area contributed by atoms with Gasteiger partial charge in [-0.25, -0.2) is 0 Å². The highest BCUT2D eigenvalue weighted by Crippen LogP contribution is 2.55. The Labute approximate surface area is 125 Å².